The van der Waals surface area contributed by atoms with E-state index in [2.05, 4.69) is 10.2 Å². The lowest BCUT2D eigenvalue weighted by Crippen LogP contribution is -2.67. The van der Waals surface area contributed by atoms with Crippen LogP contribution in [0.1, 0.15) is 27.7 Å². The van der Waals surface area contributed by atoms with E-state index in [0.29, 0.717) is 18.2 Å². The predicted octanol–water partition coefficient (Wildman–Crippen LogP) is 0.766. The van der Waals surface area contributed by atoms with Crippen LogP contribution in [0.25, 0.3) is 0 Å². The second-order valence-electron chi connectivity index (χ2n) is 8.88. The van der Waals surface area contributed by atoms with Crippen molar-refractivity contribution in [3.05, 3.63) is 30.3 Å². The molecule has 2 aliphatic heterocycles. The zero-order valence-corrected chi connectivity index (χ0v) is 22.6. The first-order valence-corrected chi connectivity index (χ1v) is 12.6. The van der Waals surface area contributed by atoms with E-state index in [0.717, 1.165) is 18.8 Å². The molecule has 2 heterocycles. The highest BCUT2D eigenvalue weighted by atomic mass is 32.1. The van der Waals surface area contributed by atoms with E-state index in [9.17, 15) is 19.2 Å². The van der Waals surface area contributed by atoms with Gasteiger partial charge in [0.25, 0.3) is 0 Å². The molecular formula is C25H33N3O9S. The van der Waals surface area contributed by atoms with E-state index in [1.54, 1.807) is 0 Å². The summed E-state index contributed by atoms with van der Waals surface area (Å²) in [5.41, 5.74) is 1.12. The summed E-state index contributed by atoms with van der Waals surface area (Å²) in [5, 5.41) is 3.39. The first kappa shape index (κ1) is 29.1. The third-order valence-corrected chi connectivity index (χ3v) is 6.32. The summed E-state index contributed by atoms with van der Waals surface area (Å²) in [4.78, 5) is 51.5. The number of hydrogen-bond acceptors (Lipinski definition) is 11. The number of ether oxygens (including phenoxy) is 5. The van der Waals surface area contributed by atoms with Crippen LogP contribution in [-0.4, -0.2) is 97.3 Å². The van der Waals surface area contributed by atoms with E-state index in [4.69, 9.17) is 35.9 Å². The Labute approximate surface area is 226 Å². The molecule has 2 fully saturated rings. The Hall–Kier alpha value is -3.45. The smallest absolute Gasteiger partial charge is 0.303 e. The molecule has 1 N–H and O–H groups in total. The molecule has 38 heavy (non-hydrogen) atoms. The Morgan fingerprint density at radius 2 is 1.39 bits per heavy atom. The molecule has 3 rings (SSSR count). The van der Waals surface area contributed by atoms with Crippen LogP contribution in [0.15, 0.2) is 30.3 Å². The van der Waals surface area contributed by atoms with Gasteiger partial charge in [0.05, 0.1) is 0 Å². The number of thiocarbonyl (C=S) groups is 1. The number of anilines is 1. The third-order valence-electron chi connectivity index (χ3n) is 5.94. The van der Waals surface area contributed by atoms with Crippen molar-refractivity contribution in [2.75, 3.05) is 37.7 Å². The van der Waals surface area contributed by atoms with Crippen molar-refractivity contribution in [1.29, 1.82) is 0 Å². The highest BCUT2D eigenvalue weighted by Crippen LogP contribution is 2.28. The summed E-state index contributed by atoms with van der Waals surface area (Å²) >= 11 is 5.64. The Balaban J connectivity index is 1.79. The number of nitrogens with zero attached hydrogens (tertiary/aromatic N) is 2. The fourth-order valence-electron chi connectivity index (χ4n) is 4.36. The maximum Gasteiger partial charge on any atom is 0.303 e. The zero-order chi connectivity index (χ0) is 27.8. The molecule has 2 saturated heterocycles. The second-order valence-corrected chi connectivity index (χ2v) is 9.27. The maximum atomic E-state index is 12.0. The molecule has 0 unspecified atom stereocenters. The standard InChI is InChI=1S/C25H33N3O9S/c1-15(29)33-14-20-21(34-16(2)30)22(35-17(3)31)23(36-18(4)32)24(37-20)26-25(38)28-12-10-27(11-13-28)19-8-6-5-7-9-19/h5-9,20-24H,10-14H2,1-4H3,(H,26,38)/t20-,21-,22+,23+,24-/m1/s1. The summed E-state index contributed by atoms with van der Waals surface area (Å²) in [6.07, 6.45) is -5.85. The lowest BCUT2D eigenvalue weighted by molar-refractivity contribution is -0.255. The van der Waals surface area contributed by atoms with Gasteiger partial charge in [-0.25, -0.2) is 0 Å². The Bertz CT molecular complexity index is 1020. The van der Waals surface area contributed by atoms with Crippen LogP contribution in [0, 0.1) is 0 Å². The van der Waals surface area contributed by atoms with Crippen molar-refractivity contribution in [1.82, 2.24) is 10.2 Å². The van der Waals surface area contributed by atoms with E-state index >= 15 is 0 Å². The molecule has 0 saturated carbocycles. The van der Waals surface area contributed by atoms with Crippen molar-refractivity contribution in [3.8, 4) is 0 Å². The highest BCUT2D eigenvalue weighted by Gasteiger charge is 2.52. The topological polar surface area (TPSA) is 133 Å². The van der Waals surface area contributed by atoms with Gasteiger partial charge in [-0.05, 0) is 24.4 Å². The minimum atomic E-state index is -1.26. The van der Waals surface area contributed by atoms with Gasteiger partial charge in [0, 0.05) is 59.6 Å². The van der Waals surface area contributed by atoms with Crippen LogP contribution >= 0.6 is 12.2 Å². The number of rotatable bonds is 7. The predicted molar refractivity (Wildman–Crippen MR) is 138 cm³/mol. The zero-order valence-electron chi connectivity index (χ0n) is 21.8. The highest BCUT2D eigenvalue weighted by molar-refractivity contribution is 7.80. The maximum absolute atomic E-state index is 12.0. The van der Waals surface area contributed by atoms with Gasteiger partial charge < -0.3 is 38.8 Å². The molecule has 13 heteroatoms. The molecule has 0 amide bonds. The van der Waals surface area contributed by atoms with Gasteiger partial charge in [0.15, 0.2) is 29.7 Å². The third kappa shape index (κ3) is 8.02. The van der Waals surface area contributed by atoms with Gasteiger partial charge >= 0.3 is 23.9 Å². The lowest BCUT2D eigenvalue weighted by Gasteiger charge is -2.45. The first-order valence-electron chi connectivity index (χ1n) is 12.2. The van der Waals surface area contributed by atoms with E-state index in [1.807, 2.05) is 35.2 Å². The molecule has 1 aromatic carbocycles. The van der Waals surface area contributed by atoms with Crippen LogP contribution in [-0.2, 0) is 42.9 Å². The minimum Gasteiger partial charge on any atom is -0.463 e. The number of carbonyl (C=O) groups excluding carboxylic acids is 4. The molecule has 5 atom stereocenters. The van der Waals surface area contributed by atoms with Gasteiger partial charge in [0.1, 0.15) is 12.7 Å². The molecule has 0 spiro atoms. The van der Waals surface area contributed by atoms with Gasteiger partial charge in [-0.1, -0.05) is 18.2 Å². The Morgan fingerprint density at radius 1 is 0.842 bits per heavy atom. The quantitative estimate of drug-likeness (QED) is 0.291. The van der Waals surface area contributed by atoms with Crippen molar-refractivity contribution in [3.63, 3.8) is 0 Å². The average molecular weight is 552 g/mol. The van der Waals surface area contributed by atoms with Crippen LogP contribution < -0.4 is 10.2 Å². The molecule has 0 aliphatic carbocycles. The van der Waals surface area contributed by atoms with Gasteiger partial charge in [-0.2, -0.15) is 0 Å². The molecule has 208 valence electrons. The number of piperazine rings is 1. The van der Waals surface area contributed by atoms with E-state index in [-0.39, 0.29) is 6.61 Å². The van der Waals surface area contributed by atoms with Gasteiger partial charge in [-0.15, -0.1) is 0 Å². The van der Waals surface area contributed by atoms with E-state index in [1.165, 1.54) is 27.7 Å². The summed E-state index contributed by atoms with van der Waals surface area (Å²) in [5.74, 6) is -2.65. The molecule has 12 nitrogen and oxygen atoms in total. The molecule has 0 radical (unpaired) electrons. The van der Waals surface area contributed by atoms with E-state index < -0.39 is 54.5 Å². The molecule has 2 aliphatic rings. The molecular weight excluding hydrogens is 518 g/mol. The Kier molecular flexibility index (Phi) is 10.2. The van der Waals surface area contributed by atoms with Crippen molar-refractivity contribution < 1.29 is 42.9 Å². The lowest BCUT2D eigenvalue weighted by atomic mass is 9.97. The average Bonchev–Trinajstić information content (AvgIpc) is 2.86. The van der Waals surface area contributed by atoms with Crippen molar-refractivity contribution in [2.24, 2.45) is 0 Å². The van der Waals surface area contributed by atoms with Crippen LogP contribution in [0.4, 0.5) is 5.69 Å². The summed E-state index contributed by atoms with van der Waals surface area (Å²) in [6.45, 7) is 7.13. The number of para-hydroxylation sites is 1. The fourth-order valence-corrected chi connectivity index (χ4v) is 4.66. The monoisotopic (exact) mass is 551 g/mol. The first-order chi connectivity index (χ1) is 18.0. The Morgan fingerprint density at radius 3 is 1.95 bits per heavy atom. The normalized spacial score (nSPS) is 25.1. The summed E-state index contributed by atoms with van der Waals surface area (Å²) in [7, 11) is 0. The summed E-state index contributed by atoms with van der Waals surface area (Å²) < 4.78 is 27.5. The number of benzene rings is 1. The molecule has 0 bridgehead atoms. The minimum absolute atomic E-state index is 0.307. The fraction of sp³-hybridized carbons (Fsp3) is 0.560. The van der Waals surface area contributed by atoms with Crippen LogP contribution in [0.2, 0.25) is 0 Å². The molecule has 0 aromatic heterocycles. The summed E-state index contributed by atoms with van der Waals surface area (Å²) in [6, 6.07) is 10.0. The van der Waals surface area contributed by atoms with Gasteiger partial charge in [-0.3, -0.25) is 19.2 Å². The van der Waals surface area contributed by atoms with Gasteiger partial charge in [0.2, 0.25) is 0 Å². The number of nitrogens with one attached hydrogen (secondary N) is 1. The largest absolute Gasteiger partial charge is 0.463 e. The molecule has 1 aromatic rings. The number of esters is 4. The van der Waals surface area contributed by atoms with Crippen molar-refractivity contribution in [2.45, 2.75) is 58.3 Å². The van der Waals surface area contributed by atoms with Crippen molar-refractivity contribution >= 4 is 46.9 Å². The van der Waals surface area contributed by atoms with Crippen LogP contribution in [0.5, 0.6) is 0 Å². The number of carbonyl (C=O) groups is 4. The SMILES string of the molecule is CC(=O)OC[C@H]1O[C@@H](NC(=S)N2CCN(c3ccccc3)CC2)[C@@H](OC(C)=O)[C@@H](OC(C)=O)[C@@H]1OC(C)=O. The van der Waals surface area contributed by atoms with Crippen LogP contribution in [0.3, 0.4) is 0 Å². The second kappa shape index (κ2) is 13.4. The number of hydrogen-bond donors (Lipinski definition) is 1.